The van der Waals surface area contributed by atoms with E-state index >= 15 is 0 Å². The lowest BCUT2D eigenvalue weighted by Crippen LogP contribution is -2.38. The van der Waals surface area contributed by atoms with Gasteiger partial charge >= 0.3 is 0 Å². The van der Waals surface area contributed by atoms with Gasteiger partial charge in [-0.3, -0.25) is 5.10 Å². The molecule has 1 aromatic heterocycles. The fraction of sp³-hybridized carbons (Fsp3) is 0.824. The number of aromatic amines is 1. The van der Waals surface area contributed by atoms with E-state index in [9.17, 15) is 0 Å². The van der Waals surface area contributed by atoms with Gasteiger partial charge in [0, 0.05) is 18.8 Å². The summed E-state index contributed by atoms with van der Waals surface area (Å²) in [6.07, 6.45) is 4.70. The van der Waals surface area contributed by atoms with Crippen LogP contribution in [0.4, 0.5) is 0 Å². The summed E-state index contributed by atoms with van der Waals surface area (Å²) >= 11 is 0. The Labute approximate surface area is 129 Å². The molecule has 4 nitrogen and oxygen atoms in total. The Hall–Kier alpha value is -0.870. The summed E-state index contributed by atoms with van der Waals surface area (Å²) in [6.45, 7) is 11.9. The van der Waals surface area contributed by atoms with Crippen LogP contribution in [0.1, 0.15) is 50.1 Å². The van der Waals surface area contributed by atoms with Crippen molar-refractivity contribution in [3.8, 4) is 0 Å². The van der Waals surface area contributed by atoms with Crippen molar-refractivity contribution in [2.24, 2.45) is 5.92 Å². The maximum absolute atomic E-state index is 5.80. The highest BCUT2D eigenvalue weighted by atomic mass is 16.5. The molecule has 0 aliphatic carbocycles. The molecule has 120 valence electrons. The zero-order valence-electron chi connectivity index (χ0n) is 14.3. The monoisotopic (exact) mass is 293 g/mol. The third kappa shape index (κ3) is 4.82. The predicted molar refractivity (Wildman–Crippen MR) is 86.6 cm³/mol. The fourth-order valence-corrected chi connectivity index (χ4v) is 3.51. The second-order valence-electron chi connectivity index (χ2n) is 7.25. The Morgan fingerprint density at radius 3 is 2.76 bits per heavy atom. The Morgan fingerprint density at radius 1 is 1.38 bits per heavy atom. The first kappa shape index (κ1) is 16.5. The number of aromatic nitrogens is 2. The molecule has 1 atom stereocenters. The summed E-state index contributed by atoms with van der Waals surface area (Å²) in [5.74, 6) is 0.774. The number of hydrogen-bond donors (Lipinski definition) is 1. The van der Waals surface area contributed by atoms with Crippen LogP contribution in [-0.2, 0) is 11.2 Å². The van der Waals surface area contributed by atoms with E-state index in [2.05, 4.69) is 49.8 Å². The van der Waals surface area contributed by atoms with Crippen LogP contribution in [0.15, 0.2) is 0 Å². The van der Waals surface area contributed by atoms with Gasteiger partial charge in [0.1, 0.15) is 0 Å². The number of H-pyrrole nitrogens is 1. The molecule has 1 aliphatic rings. The molecule has 0 spiro atoms. The molecule has 21 heavy (non-hydrogen) atoms. The van der Waals surface area contributed by atoms with E-state index in [-0.39, 0.29) is 5.60 Å². The second kappa shape index (κ2) is 6.93. The minimum atomic E-state index is 0.0643. The summed E-state index contributed by atoms with van der Waals surface area (Å²) in [4.78, 5) is 2.48. The molecule has 1 N–H and O–H groups in total. The molecule has 4 heteroatoms. The summed E-state index contributed by atoms with van der Waals surface area (Å²) in [5, 5.41) is 7.34. The summed E-state index contributed by atoms with van der Waals surface area (Å²) < 4.78 is 5.80. The van der Waals surface area contributed by atoms with E-state index in [1.807, 2.05) is 0 Å². The quantitative estimate of drug-likeness (QED) is 0.876. The van der Waals surface area contributed by atoms with Crippen molar-refractivity contribution in [2.75, 3.05) is 26.7 Å². The van der Waals surface area contributed by atoms with E-state index in [4.69, 9.17) is 4.74 Å². The molecule has 0 amide bonds. The van der Waals surface area contributed by atoms with E-state index in [1.165, 1.54) is 37.1 Å². The summed E-state index contributed by atoms with van der Waals surface area (Å²) in [6, 6.07) is 0. The molecule has 0 saturated carbocycles. The third-order valence-electron chi connectivity index (χ3n) is 4.62. The predicted octanol–water partition coefficient (Wildman–Crippen LogP) is 3.10. The van der Waals surface area contributed by atoms with Crippen LogP contribution in [0.25, 0.3) is 0 Å². The van der Waals surface area contributed by atoms with Crippen LogP contribution in [0.3, 0.4) is 0 Å². The lowest BCUT2D eigenvalue weighted by Gasteiger charge is -2.37. The van der Waals surface area contributed by atoms with Crippen LogP contribution < -0.4 is 0 Å². The van der Waals surface area contributed by atoms with Gasteiger partial charge < -0.3 is 9.64 Å². The molecule has 1 aromatic rings. The van der Waals surface area contributed by atoms with Gasteiger partial charge in [-0.05, 0) is 78.5 Å². The highest BCUT2D eigenvalue weighted by Gasteiger charge is 2.29. The molecule has 0 radical (unpaired) electrons. The third-order valence-corrected chi connectivity index (χ3v) is 4.62. The molecule has 2 heterocycles. The van der Waals surface area contributed by atoms with Gasteiger partial charge in [0.05, 0.1) is 11.3 Å². The molecule has 1 aliphatic heterocycles. The van der Waals surface area contributed by atoms with Crippen LogP contribution in [0, 0.1) is 19.8 Å². The molecule has 0 bridgehead atoms. The Kier molecular flexibility index (Phi) is 5.44. The second-order valence-corrected chi connectivity index (χ2v) is 7.25. The van der Waals surface area contributed by atoms with Gasteiger partial charge in [-0.25, -0.2) is 0 Å². The lowest BCUT2D eigenvalue weighted by atomic mass is 9.88. The minimum Gasteiger partial charge on any atom is -0.376 e. The normalized spacial score (nSPS) is 21.9. The first-order valence-electron chi connectivity index (χ1n) is 8.20. The maximum Gasteiger partial charge on any atom is 0.0629 e. The van der Waals surface area contributed by atoms with Crippen LogP contribution in [-0.4, -0.2) is 47.4 Å². The van der Waals surface area contributed by atoms with Crippen molar-refractivity contribution in [2.45, 2.75) is 59.0 Å². The van der Waals surface area contributed by atoms with Gasteiger partial charge in [-0.1, -0.05) is 0 Å². The Bertz CT molecular complexity index is 433. The smallest absolute Gasteiger partial charge is 0.0629 e. The highest BCUT2D eigenvalue weighted by molar-refractivity contribution is 5.23. The lowest BCUT2D eigenvalue weighted by molar-refractivity contribution is -0.0759. The van der Waals surface area contributed by atoms with Crippen LogP contribution >= 0.6 is 0 Å². The molecule has 0 aromatic carbocycles. The standard InChI is InChI=1S/C17H31N3O/c1-13-16(14(2)19-18-13)7-6-9-20(5)12-15-8-10-21-17(3,4)11-15/h15H,6-12H2,1-5H3,(H,18,19). The SMILES string of the molecule is Cc1n[nH]c(C)c1CCCN(C)CC1CCOC(C)(C)C1. The zero-order valence-corrected chi connectivity index (χ0v) is 14.3. The van der Waals surface area contributed by atoms with Gasteiger partial charge in [-0.2, -0.15) is 5.10 Å². The molecule has 1 saturated heterocycles. The molecule has 2 rings (SSSR count). The van der Waals surface area contributed by atoms with E-state index in [1.54, 1.807) is 0 Å². The number of nitrogens with one attached hydrogen (secondary N) is 1. The molecular weight excluding hydrogens is 262 g/mol. The number of aryl methyl sites for hydroxylation is 2. The van der Waals surface area contributed by atoms with Crippen molar-refractivity contribution in [1.29, 1.82) is 0 Å². The van der Waals surface area contributed by atoms with Crippen molar-refractivity contribution in [3.05, 3.63) is 17.0 Å². The molecule has 1 fully saturated rings. The van der Waals surface area contributed by atoms with Crippen molar-refractivity contribution >= 4 is 0 Å². The summed E-state index contributed by atoms with van der Waals surface area (Å²) in [5.41, 5.74) is 3.84. The maximum atomic E-state index is 5.80. The number of nitrogens with zero attached hydrogens (tertiary/aromatic N) is 2. The number of rotatable bonds is 6. The molecule has 1 unspecified atom stereocenters. The number of hydrogen-bond acceptors (Lipinski definition) is 3. The Balaban J connectivity index is 1.71. The zero-order chi connectivity index (χ0) is 15.5. The van der Waals surface area contributed by atoms with E-state index in [0.717, 1.165) is 31.2 Å². The molecular formula is C17H31N3O. The highest BCUT2D eigenvalue weighted by Crippen LogP contribution is 2.28. The topological polar surface area (TPSA) is 41.2 Å². The van der Waals surface area contributed by atoms with Gasteiger partial charge in [0.15, 0.2) is 0 Å². The van der Waals surface area contributed by atoms with E-state index in [0.29, 0.717) is 0 Å². The van der Waals surface area contributed by atoms with Crippen LogP contribution in [0.2, 0.25) is 0 Å². The van der Waals surface area contributed by atoms with Gasteiger partial charge in [0.25, 0.3) is 0 Å². The average molecular weight is 293 g/mol. The van der Waals surface area contributed by atoms with Crippen molar-refractivity contribution in [3.63, 3.8) is 0 Å². The van der Waals surface area contributed by atoms with Gasteiger partial charge in [0.2, 0.25) is 0 Å². The Morgan fingerprint density at radius 2 is 2.14 bits per heavy atom. The average Bonchev–Trinajstić information content (AvgIpc) is 2.69. The summed E-state index contributed by atoms with van der Waals surface area (Å²) in [7, 11) is 2.25. The van der Waals surface area contributed by atoms with Crippen molar-refractivity contribution in [1.82, 2.24) is 15.1 Å². The fourth-order valence-electron chi connectivity index (χ4n) is 3.51. The minimum absolute atomic E-state index is 0.0643. The van der Waals surface area contributed by atoms with Gasteiger partial charge in [-0.15, -0.1) is 0 Å². The van der Waals surface area contributed by atoms with Crippen molar-refractivity contribution < 1.29 is 4.74 Å². The van der Waals surface area contributed by atoms with E-state index < -0.39 is 0 Å². The number of ether oxygens (including phenoxy) is 1. The first-order chi connectivity index (χ1) is 9.87. The van der Waals surface area contributed by atoms with Crippen LogP contribution in [0.5, 0.6) is 0 Å². The first-order valence-corrected chi connectivity index (χ1v) is 8.20. The largest absolute Gasteiger partial charge is 0.376 e.